The Morgan fingerprint density at radius 3 is 2.42 bits per heavy atom. The van der Waals surface area contributed by atoms with Crippen LogP contribution >= 0.6 is 12.4 Å². The molecular formula is C19H25ClFNO4. The maximum absolute atomic E-state index is 12.9. The molecule has 0 heterocycles. The molecule has 0 saturated heterocycles. The molecule has 5 nitrogen and oxygen atoms in total. The molecule has 0 amide bonds. The summed E-state index contributed by atoms with van der Waals surface area (Å²) in [5.41, 5.74) is 1.95. The molecule has 0 aliphatic heterocycles. The zero-order valence-corrected chi connectivity index (χ0v) is 15.6. The summed E-state index contributed by atoms with van der Waals surface area (Å²) in [5.74, 6) is 1.03. The van der Waals surface area contributed by atoms with Crippen molar-refractivity contribution in [3.63, 3.8) is 0 Å². The second-order valence-electron chi connectivity index (χ2n) is 5.41. The first-order valence-electron chi connectivity index (χ1n) is 8.16. The van der Waals surface area contributed by atoms with Gasteiger partial charge in [-0.3, -0.25) is 0 Å². The zero-order valence-electron chi connectivity index (χ0n) is 14.7. The molecule has 0 unspecified atom stereocenters. The van der Waals surface area contributed by atoms with Crippen LogP contribution in [0.5, 0.6) is 11.5 Å². The van der Waals surface area contributed by atoms with Crippen LogP contribution < -0.4 is 14.8 Å². The minimum absolute atomic E-state index is 0. The first kappa shape index (κ1) is 22.2. The lowest BCUT2D eigenvalue weighted by atomic mass is 10.2. The second kappa shape index (κ2) is 12.5. The van der Waals surface area contributed by atoms with Gasteiger partial charge in [-0.15, -0.1) is 12.4 Å². The molecule has 26 heavy (non-hydrogen) atoms. The van der Waals surface area contributed by atoms with Crippen LogP contribution in [0.2, 0.25) is 0 Å². The number of benzene rings is 2. The Kier molecular flexibility index (Phi) is 10.7. The highest BCUT2D eigenvalue weighted by molar-refractivity contribution is 5.85. The molecule has 144 valence electrons. The standard InChI is InChI=1S/C19H24FNO4.ClH/c1-23-19-12-16(13-21-8-10-24-11-9-22)4-7-18(19)25-14-15-2-5-17(20)6-3-15;/h2-7,12,21-22H,8-11,13-14H2,1H3;1H. The van der Waals surface area contributed by atoms with Crippen LogP contribution in [0.4, 0.5) is 4.39 Å². The molecular weight excluding hydrogens is 361 g/mol. The monoisotopic (exact) mass is 385 g/mol. The SMILES string of the molecule is COc1cc(CNCCOCCO)ccc1OCc1ccc(F)cc1.Cl. The van der Waals surface area contributed by atoms with Gasteiger partial charge in [0.2, 0.25) is 0 Å². The van der Waals surface area contributed by atoms with Gasteiger partial charge in [0.25, 0.3) is 0 Å². The Labute approximate surface area is 159 Å². The highest BCUT2D eigenvalue weighted by atomic mass is 35.5. The predicted molar refractivity (Wildman–Crippen MR) is 101 cm³/mol. The molecule has 0 radical (unpaired) electrons. The van der Waals surface area contributed by atoms with E-state index in [4.69, 9.17) is 19.3 Å². The highest BCUT2D eigenvalue weighted by Crippen LogP contribution is 2.28. The fourth-order valence-electron chi connectivity index (χ4n) is 2.23. The minimum atomic E-state index is -0.264. The number of halogens is 2. The van der Waals surface area contributed by atoms with Gasteiger partial charge in [0, 0.05) is 13.1 Å². The molecule has 0 aliphatic rings. The van der Waals surface area contributed by atoms with E-state index in [1.807, 2.05) is 18.2 Å². The van der Waals surface area contributed by atoms with E-state index in [0.29, 0.717) is 44.4 Å². The Balaban J connectivity index is 0.00000338. The minimum Gasteiger partial charge on any atom is -0.493 e. The van der Waals surface area contributed by atoms with Gasteiger partial charge in [-0.1, -0.05) is 18.2 Å². The van der Waals surface area contributed by atoms with E-state index in [-0.39, 0.29) is 24.8 Å². The molecule has 0 atom stereocenters. The van der Waals surface area contributed by atoms with Gasteiger partial charge < -0.3 is 24.6 Å². The number of aliphatic hydroxyl groups excluding tert-OH is 1. The van der Waals surface area contributed by atoms with Crippen molar-refractivity contribution in [3.05, 3.63) is 59.4 Å². The van der Waals surface area contributed by atoms with E-state index >= 15 is 0 Å². The number of rotatable bonds is 11. The topological polar surface area (TPSA) is 60.0 Å². The summed E-state index contributed by atoms with van der Waals surface area (Å²) in [6.07, 6.45) is 0. The molecule has 0 fully saturated rings. The van der Waals surface area contributed by atoms with E-state index in [1.165, 1.54) is 12.1 Å². The van der Waals surface area contributed by atoms with Crippen molar-refractivity contribution in [2.24, 2.45) is 0 Å². The van der Waals surface area contributed by atoms with Crippen LogP contribution in [0, 0.1) is 5.82 Å². The van der Waals surface area contributed by atoms with Crippen molar-refractivity contribution in [1.82, 2.24) is 5.32 Å². The molecule has 7 heteroatoms. The average molecular weight is 386 g/mol. The lowest BCUT2D eigenvalue weighted by Gasteiger charge is -2.13. The number of nitrogens with one attached hydrogen (secondary N) is 1. The molecule has 2 N–H and O–H groups in total. The fourth-order valence-corrected chi connectivity index (χ4v) is 2.23. The van der Waals surface area contributed by atoms with Gasteiger partial charge in [0.15, 0.2) is 11.5 Å². The second-order valence-corrected chi connectivity index (χ2v) is 5.41. The van der Waals surface area contributed by atoms with Gasteiger partial charge in [0.1, 0.15) is 12.4 Å². The molecule has 0 aliphatic carbocycles. The fraction of sp³-hybridized carbons (Fsp3) is 0.368. The van der Waals surface area contributed by atoms with Crippen molar-refractivity contribution in [2.75, 3.05) is 33.5 Å². The maximum atomic E-state index is 12.9. The third-order valence-electron chi connectivity index (χ3n) is 3.52. The summed E-state index contributed by atoms with van der Waals surface area (Å²) in [6.45, 7) is 2.67. The third kappa shape index (κ3) is 7.58. The van der Waals surface area contributed by atoms with Crippen molar-refractivity contribution in [3.8, 4) is 11.5 Å². The third-order valence-corrected chi connectivity index (χ3v) is 3.52. The number of hydrogen-bond acceptors (Lipinski definition) is 5. The Bertz CT molecular complexity index is 640. The van der Waals surface area contributed by atoms with Gasteiger partial charge in [-0.25, -0.2) is 4.39 Å². The number of ether oxygens (including phenoxy) is 3. The average Bonchev–Trinajstić information content (AvgIpc) is 2.64. The number of methoxy groups -OCH3 is 1. The molecule has 2 rings (SSSR count). The molecule has 0 bridgehead atoms. The van der Waals surface area contributed by atoms with Crippen LogP contribution in [-0.4, -0.2) is 38.6 Å². The van der Waals surface area contributed by atoms with E-state index in [9.17, 15) is 4.39 Å². The molecule has 0 spiro atoms. The maximum Gasteiger partial charge on any atom is 0.161 e. The summed E-state index contributed by atoms with van der Waals surface area (Å²) in [4.78, 5) is 0. The predicted octanol–water partition coefficient (Wildman–Crippen LogP) is 2.93. The first-order chi connectivity index (χ1) is 12.2. The van der Waals surface area contributed by atoms with E-state index < -0.39 is 0 Å². The quantitative estimate of drug-likeness (QED) is 0.582. The Morgan fingerprint density at radius 1 is 1.00 bits per heavy atom. The van der Waals surface area contributed by atoms with E-state index in [1.54, 1.807) is 19.2 Å². The largest absolute Gasteiger partial charge is 0.493 e. The van der Waals surface area contributed by atoms with Gasteiger partial charge in [0.05, 0.1) is 26.9 Å². The van der Waals surface area contributed by atoms with Crippen LogP contribution in [-0.2, 0) is 17.9 Å². The van der Waals surface area contributed by atoms with Crippen LogP contribution in [0.25, 0.3) is 0 Å². The van der Waals surface area contributed by atoms with Crippen LogP contribution in [0.1, 0.15) is 11.1 Å². The normalized spacial score (nSPS) is 10.3. The lowest BCUT2D eigenvalue weighted by Crippen LogP contribution is -2.20. The Hall–Kier alpha value is -1.86. The summed E-state index contributed by atoms with van der Waals surface area (Å²) < 4.78 is 29.3. The van der Waals surface area contributed by atoms with Crippen molar-refractivity contribution in [2.45, 2.75) is 13.2 Å². The molecule has 0 aromatic heterocycles. The molecule has 2 aromatic carbocycles. The summed E-state index contributed by atoms with van der Waals surface area (Å²) in [7, 11) is 1.60. The number of hydrogen-bond donors (Lipinski definition) is 2. The van der Waals surface area contributed by atoms with E-state index in [2.05, 4.69) is 5.32 Å². The van der Waals surface area contributed by atoms with Crippen molar-refractivity contribution >= 4 is 12.4 Å². The summed E-state index contributed by atoms with van der Waals surface area (Å²) >= 11 is 0. The van der Waals surface area contributed by atoms with Crippen LogP contribution in [0.15, 0.2) is 42.5 Å². The van der Waals surface area contributed by atoms with Crippen molar-refractivity contribution < 1.29 is 23.7 Å². The number of aliphatic hydroxyl groups is 1. The summed E-state index contributed by atoms with van der Waals surface area (Å²) in [5, 5.41) is 11.9. The zero-order chi connectivity index (χ0) is 17.9. The van der Waals surface area contributed by atoms with Crippen LogP contribution in [0.3, 0.4) is 0 Å². The highest BCUT2D eigenvalue weighted by Gasteiger charge is 2.06. The van der Waals surface area contributed by atoms with Gasteiger partial charge >= 0.3 is 0 Å². The van der Waals surface area contributed by atoms with Crippen molar-refractivity contribution in [1.29, 1.82) is 0 Å². The van der Waals surface area contributed by atoms with Gasteiger partial charge in [-0.2, -0.15) is 0 Å². The summed E-state index contributed by atoms with van der Waals surface area (Å²) in [6, 6.07) is 12.0. The van der Waals surface area contributed by atoms with Gasteiger partial charge in [-0.05, 0) is 35.4 Å². The van der Waals surface area contributed by atoms with E-state index in [0.717, 1.165) is 11.1 Å². The smallest absolute Gasteiger partial charge is 0.161 e. The molecule has 0 saturated carbocycles. The molecule has 2 aromatic rings. The lowest BCUT2D eigenvalue weighted by molar-refractivity contribution is 0.0938. The first-order valence-corrected chi connectivity index (χ1v) is 8.16. The Morgan fingerprint density at radius 2 is 1.73 bits per heavy atom.